The summed E-state index contributed by atoms with van der Waals surface area (Å²) in [5.74, 6) is 1.25. The summed E-state index contributed by atoms with van der Waals surface area (Å²) in [5, 5.41) is 8.77. The molecule has 128 valence electrons. The number of rotatable bonds is 1. The van der Waals surface area contributed by atoms with Gasteiger partial charge in [-0.05, 0) is 44.5 Å². The molecule has 5 nitrogen and oxygen atoms in total. The molecule has 1 aromatic carbocycles. The lowest BCUT2D eigenvalue weighted by Gasteiger charge is -2.23. The molecular weight excluding hydrogens is 332 g/mol. The van der Waals surface area contributed by atoms with Crippen LogP contribution < -0.4 is 5.32 Å². The van der Waals surface area contributed by atoms with E-state index in [1.54, 1.807) is 18.0 Å². The molecule has 0 spiro atoms. The molecule has 2 aromatic heterocycles. The molecule has 0 fully saturated rings. The van der Waals surface area contributed by atoms with Crippen LogP contribution in [0.25, 0.3) is 10.9 Å². The summed E-state index contributed by atoms with van der Waals surface area (Å²) in [4.78, 5) is 16.6. The molecule has 4 rings (SSSR count). The molecule has 1 N–H and O–H groups in total. The van der Waals surface area contributed by atoms with Gasteiger partial charge in [0.2, 0.25) is 5.91 Å². The number of carbonyl (C=O) groups is 1. The summed E-state index contributed by atoms with van der Waals surface area (Å²) in [7, 11) is 0. The monoisotopic (exact) mass is 352 g/mol. The predicted molar refractivity (Wildman–Crippen MR) is 102 cm³/mol. The summed E-state index contributed by atoms with van der Waals surface area (Å²) in [6, 6.07) is 10.3. The van der Waals surface area contributed by atoms with E-state index in [1.807, 2.05) is 23.0 Å². The molecule has 0 radical (unpaired) electrons. The highest BCUT2D eigenvalue weighted by molar-refractivity contribution is 8.00. The molecule has 0 unspecified atom stereocenters. The quantitative estimate of drug-likeness (QED) is 0.720. The van der Waals surface area contributed by atoms with E-state index < -0.39 is 0 Å². The zero-order valence-electron chi connectivity index (χ0n) is 14.5. The summed E-state index contributed by atoms with van der Waals surface area (Å²) in [6.07, 6.45) is 3.69. The zero-order chi connectivity index (χ0) is 17.6. The minimum absolute atomic E-state index is 0.0159. The third-order valence-electron chi connectivity index (χ3n) is 4.28. The number of carbonyl (C=O) groups excluding carboxylic acids is 1. The Bertz CT molecular complexity index is 957. The second-order valence-electron chi connectivity index (χ2n) is 7.23. The van der Waals surface area contributed by atoms with Gasteiger partial charge in [-0.2, -0.15) is 5.10 Å². The number of fused-ring (bicyclic) bond motifs is 2. The number of aromatic nitrogens is 3. The van der Waals surface area contributed by atoms with Crippen LogP contribution >= 0.6 is 11.8 Å². The van der Waals surface area contributed by atoms with Gasteiger partial charge >= 0.3 is 0 Å². The summed E-state index contributed by atoms with van der Waals surface area (Å²) in [5.41, 5.74) is 2.99. The molecular formula is C19H20N4OS. The summed E-state index contributed by atoms with van der Waals surface area (Å²) < 4.78 is 1.90. The van der Waals surface area contributed by atoms with Gasteiger partial charge < -0.3 is 5.32 Å². The molecule has 3 heterocycles. The van der Waals surface area contributed by atoms with Crippen molar-refractivity contribution in [3.8, 4) is 0 Å². The lowest BCUT2D eigenvalue weighted by molar-refractivity contribution is -0.113. The maximum absolute atomic E-state index is 12.2. The summed E-state index contributed by atoms with van der Waals surface area (Å²) >= 11 is 1.63. The van der Waals surface area contributed by atoms with Gasteiger partial charge in [-0.15, -0.1) is 11.8 Å². The van der Waals surface area contributed by atoms with Gasteiger partial charge in [0, 0.05) is 17.1 Å². The standard InChI is InChI=1S/C19H20N4OS/c1-19(2,3)23-18-14(10-21-23)17(25-11-16(24)22-18)13-6-7-15-12(9-13)5-4-8-20-15/h4-10,17H,11H2,1-3H3,(H,22,24)/t17-/m1/s1. The van der Waals surface area contributed by atoms with Crippen LogP contribution in [-0.4, -0.2) is 26.4 Å². The SMILES string of the molecule is CC(C)(C)n1ncc2c1NC(=O)CS[C@@H]2c1ccc2ncccc2c1. The van der Waals surface area contributed by atoms with E-state index in [0.717, 1.165) is 27.8 Å². The molecule has 1 atom stereocenters. The second-order valence-corrected chi connectivity index (χ2v) is 8.32. The first-order chi connectivity index (χ1) is 11.9. The van der Waals surface area contributed by atoms with Crippen molar-refractivity contribution >= 4 is 34.4 Å². The Kier molecular flexibility index (Phi) is 3.80. The Morgan fingerprint density at radius 2 is 2.12 bits per heavy atom. The van der Waals surface area contributed by atoms with Crippen molar-refractivity contribution in [3.05, 3.63) is 53.9 Å². The van der Waals surface area contributed by atoms with Crippen molar-refractivity contribution < 1.29 is 4.79 Å². The Balaban J connectivity index is 1.85. The van der Waals surface area contributed by atoms with Gasteiger partial charge in [-0.3, -0.25) is 9.78 Å². The van der Waals surface area contributed by atoms with Crippen molar-refractivity contribution in [2.75, 3.05) is 11.1 Å². The molecule has 25 heavy (non-hydrogen) atoms. The molecule has 0 saturated carbocycles. The smallest absolute Gasteiger partial charge is 0.235 e. The molecule has 1 aliphatic heterocycles. The van der Waals surface area contributed by atoms with Crippen LogP contribution in [0.3, 0.4) is 0 Å². The lowest BCUT2D eigenvalue weighted by atomic mass is 10.0. The minimum Gasteiger partial charge on any atom is -0.310 e. The van der Waals surface area contributed by atoms with E-state index in [1.165, 1.54) is 0 Å². The Morgan fingerprint density at radius 3 is 2.92 bits per heavy atom. The first-order valence-electron chi connectivity index (χ1n) is 8.28. The lowest BCUT2D eigenvalue weighted by Crippen LogP contribution is -2.27. The third-order valence-corrected chi connectivity index (χ3v) is 5.57. The maximum Gasteiger partial charge on any atom is 0.235 e. The van der Waals surface area contributed by atoms with E-state index in [9.17, 15) is 4.79 Å². The first kappa shape index (κ1) is 16.1. The number of amides is 1. The van der Waals surface area contributed by atoms with Crippen molar-refractivity contribution in [2.24, 2.45) is 0 Å². The molecule has 1 amide bonds. The fourth-order valence-corrected chi connectivity index (χ4v) is 4.22. The van der Waals surface area contributed by atoms with Gasteiger partial charge in [0.1, 0.15) is 5.82 Å². The van der Waals surface area contributed by atoms with Crippen LogP contribution in [-0.2, 0) is 10.3 Å². The number of hydrogen-bond acceptors (Lipinski definition) is 4. The van der Waals surface area contributed by atoms with Crippen molar-refractivity contribution in [1.82, 2.24) is 14.8 Å². The van der Waals surface area contributed by atoms with Gasteiger partial charge in [0.05, 0.1) is 28.3 Å². The molecule has 1 aliphatic rings. The fraction of sp³-hybridized carbons (Fsp3) is 0.316. The number of thioether (sulfide) groups is 1. The Labute approximate surface area is 150 Å². The van der Waals surface area contributed by atoms with Gasteiger partial charge in [0.15, 0.2) is 0 Å². The highest BCUT2D eigenvalue weighted by atomic mass is 32.2. The number of benzene rings is 1. The van der Waals surface area contributed by atoms with E-state index >= 15 is 0 Å². The van der Waals surface area contributed by atoms with Gasteiger partial charge in [0.25, 0.3) is 0 Å². The number of nitrogens with one attached hydrogen (secondary N) is 1. The third kappa shape index (κ3) is 2.91. The second kappa shape index (κ2) is 5.88. The fourth-order valence-electron chi connectivity index (χ4n) is 3.14. The summed E-state index contributed by atoms with van der Waals surface area (Å²) in [6.45, 7) is 6.25. The highest BCUT2D eigenvalue weighted by Gasteiger charge is 2.30. The molecule has 0 saturated heterocycles. The number of hydrogen-bond donors (Lipinski definition) is 1. The van der Waals surface area contributed by atoms with Gasteiger partial charge in [-0.1, -0.05) is 12.1 Å². The maximum atomic E-state index is 12.2. The van der Waals surface area contributed by atoms with Crippen molar-refractivity contribution in [2.45, 2.75) is 31.6 Å². The molecule has 3 aromatic rings. The normalized spacial score (nSPS) is 17.9. The van der Waals surface area contributed by atoms with E-state index in [4.69, 9.17) is 0 Å². The minimum atomic E-state index is -0.201. The average molecular weight is 352 g/mol. The van der Waals surface area contributed by atoms with E-state index in [0.29, 0.717) is 5.75 Å². The number of anilines is 1. The predicted octanol–water partition coefficient (Wildman–Crippen LogP) is 3.96. The van der Waals surface area contributed by atoms with Crippen LogP contribution in [0, 0.1) is 0 Å². The largest absolute Gasteiger partial charge is 0.310 e. The average Bonchev–Trinajstić information content (AvgIpc) is 2.91. The van der Waals surface area contributed by atoms with E-state index in [2.05, 4.69) is 54.4 Å². The van der Waals surface area contributed by atoms with Crippen molar-refractivity contribution in [3.63, 3.8) is 0 Å². The van der Waals surface area contributed by atoms with Crippen LogP contribution in [0.15, 0.2) is 42.7 Å². The van der Waals surface area contributed by atoms with Crippen LogP contribution in [0.5, 0.6) is 0 Å². The zero-order valence-corrected chi connectivity index (χ0v) is 15.3. The first-order valence-corrected chi connectivity index (χ1v) is 9.33. The molecule has 0 bridgehead atoms. The number of nitrogens with zero attached hydrogens (tertiary/aromatic N) is 3. The van der Waals surface area contributed by atoms with Gasteiger partial charge in [-0.25, -0.2) is 4.68 Å². The number of pyridine rings is 1. The van der Waals surface area contributed by atoms with Crippen LogP contribution in [0.4, 0.5) is 5.82 Å². The highest BCUT2D eigenvalue weighted by Crippen LogP contribution is 2.43. The van der Waals surface area contributed by atoms with E-state index in [-0.39, 0.29) is 16.7 Å². The van der Waals surface area contributed by atoms with Crippen LogP contribution in [0.1, 0.15) is 37.1 Å². The molecule has 6 heteroatoms. The Morgan fingerprint density at radius 1 is 1.28 bits per heavy atom. The Hall–Kier alpha value is -2.34. The van der Waals surface area contributed by atoms with Crippen LogP contribution in [0.2, 0.25) is 0 Å². The van der Waals surface area contributed by atoms with Crippen molar-refractivity contribution in [1.29, 1.82) is 0 Å². The topological polar surface area (TPSA) is 59.8 Å². The molecule has 0 aliphatic carbocycles.